The summed E-state index contributed by atoms with van der Waals surface area (Å²) in [7, 11) is 0. The average molecular weight is 283 g/mol. The maximum Gasteiger partial charge on any atom is 0.0991 e. The summed E-state index contributed by atoms with van der Waals surface area (Å²) in [6.07, 6.45) is 12.7. The number of allylic oxidation sites excluding steroid dienone is 1. The third-order valence-corrected chi connectivity index (χ3v) is 4.28. The molecule has 1 aliphatic carbocycles. The van der Waals surface area contributed by atoms with Gasteiger partial charge >= 0.3 is 0 Å². The van der Waals surface area contributed by atoms with E-state index in [0.29, 0.717) is 12.0 Å². The highest BCUT2D eigenvalue weighted by molar-refractivity contribution is 5.33. The van der Waals surface area contributed by atoms with Crippen LogP contribution in [-0.2, 0) is 4.74 Å². The highest BCUT2D eigenvalue weighted by Gasteiger charge is 2.22. The molecule has 0 atom stereocenters. The van der Waals surface area contributed by atoms with Gasteiger partial charge in [-0.25, -0.2) is 0 Å². The van der Waals surface area contributed by atoms with Crippen molar-refractivity contribution in [2.24, 2.45) is 0 Å². The maximum atomic E-state index is 8.84. The van der Waals surface area contributed by atoms with Crippen molar-refractivity contribution in [3.63, 3.8) is 0 Å². The fraction of sp³-hybridized carbons (Fsp3) is 0.526. The molecular weight excluding hydrogens is 258 g/mol. The molecule has 2 nitrogen and oxygen atoms in total. The second-order valence-corrected chi connectivity index (χ2v) is 5.86. The van der Waals surface area contributed by atoms with E-state index in [-0.39, 0.29) is 0 Å². The van der Waals surface area contributed by atoms with Crippen LogP contribution in [0.3, 0.4) is 0 Å². The molecule has 2 rings (SSSR count). The van der Waals surface area contributed by atoms with E-state index in [1.54, 1.807) is 0 Å². The van der Waals surface area contributed by atoms with Crippen LogP contribution in [0.5, 0.6) is 0 Å². The first-order valence-corrected chi connectivity index (χ1v) is 8.14. The summed E-state index contributed by atoms with van der Waals surface area (Å²) in [5.74, 6) is 0.627. The van der Waals surface area contributed by atoms with Crippen LogP contribution in [-0.4, -0.2) is 6.10 Å². The number of nitrogens with zero attached hydrogens (tertiary/aromatic N) is 1. The summed E-state index contributed by atoms with van der Waals surface area (Å²) in [5.41, 5.74) is 2.11. The van der Waals surface area contributed by atoms with E-state index in [1.807, 2.05) is 18.4 Å². The molecular formula is C19H25NO. The number of hydrogen-bond acceptors (Lipinski definition) is 2. The SMILES string of the molecule is CCCCC=COC1CCC(c2ccc(C#N)cc2)CC1. The maximum absolute atomic E-state index is 8.84. The van der Waals surface area contributed by atoms with Crippen molar-refractivity contribution in [3.8, 4) is 6.07 Å². The topological polar surface area (TPSA) is 33.0 Å². The quantitative estimate of drug-likeness (QED) is 0.524. The Morgan fingerprint density at radius 2 is 1.90 bits per heavy atom. The fourth-order valence-electron chi connectivity index (χ4n) is 2.92. The van der Waals surface area contributed by atoms with Gasteiger partial charge in [0.2, 0.25) is 0 Å². The van der Waals surface area contributed by atoms with E-state index in [0.717, 1.165) is 24.8 Å². The summed E-state index contributed by atoms with van der Waals surface area (Å²) >= 11 is 0. The summed E-state index contributed by atoms with van der Waals surface area (Å²) < 4.78 is 5.83. The fourth-order valence-corrected chi connectivity index (χ4v) is 2.92. The molecule has 0 heterocycles. The predicted molar refractivity (Wildman–Crippen MR) is 85.9 cm³/mol. The number of hydrogen-bond donors (Lipinski definition) is 0. The highest BCUT2D eigenvalue weighted by atomic mass is 16.5. The lowest BCUT2D eigenvalue weighted by atomic mass is 9.82. The first kappa shape index (κ1) is 15.6. The lowest BCUT2D eigenvalue weighted by molar-refractivity contribution is 0.0991. The van der Waals surface area contributed by atoms with Gasteiger partial charge in [-0.2, -0.15) is 5.26 Å². The molecule has 21 heavy (non-hydrogen) atoms. The highest BCUT2D eigenvalue weighted by Crippen LogP contribution is 2.34. The Hall–Kier alpha value is -1.75. The van der Waals surface area contributed by atoms with Crippen molar-refractivity contribution in [1.29, 1.82) is 5.26 Å². The summed E-state index contributed by atoms with van der Waals surface area (Å²) in [4.78, 5) is 0. The standard InChI is InChI=1S/C19H25NO/c1-2-3-4-5-14-21-19-12-10-18(11-13-19)17-8-6-16(15-20)7-9-17/h5-9,14,18-19H,2-4,10-13H2,1H3. The second-order valence-electron chi connectivity index (χ2n) is 5.86. The van der Waals surface area contributed by atoms with Gasteiger partial charge in [-0.1, -0.05) is 25.5 Å². The molecule has 1 saturated carbocycles. The van der Waals surface area contributed by atoms with Gasteiger partial charge in [0.25, 0.3) is 0 Å². The Balaban J connectivity index is 1.75. The minimum atomic E-state index is 0.387. The molecule has 0 amide bonds. The minimum absolute atomic E-state index is 0.387. The van der Waals surface area contributed by atoms with Gasteiger partial charge in [0.05, 0.1) is 24.0 Å². The van der Waals surface area contributed by atoms with E-state index in [9.17, 15) is 0 Å². The molecule has 112 valence electrons. The van der Waals surface area contributed by atoms with E-state index in [2.05, 4.69) is 31.2 Å². The molecule has 1 aromatic carbocycles. The summed E-state index contributed by atoms with van der Waals surface area (Å²) in [5, 5.41) is 8.84. The zero-order valence-electron chi connectivity index (χ0n) is 12.9. The van der Waals surface area contributed by atoms with Crippen molar-refractivity contribution in [1.82, 2.24) is 0 Å². The Bertz CT molecular complexity index is 475. The van der Waals surface area contributed by atoms with Crippen LogP contribution in [0.4, 0.5) is 0 Å². The lowest BCUT2D eigenvalue weighted by Crippen LogP contribution is -2.19. The Kier molecular flexibility index (Phi) is 6.34. The molecule has 0 aliphatic heterocycles. The van der Waals surface area contributed by atoms with Gasteiger partial charge in [-0.3, -0.25) is 0 Å². The van der Waals surface area contributed by atoms with E-state index >= 15 is 0 Å². The molecule has 0 radical (unpaired) electrons. The number of rotatable bonds is 6. The van der Waals surface area contributed by atoms with Crippen LogP contribution < -0.4 is 0 Å². The molecule has 1 fully saturated rings. The van der Waals surface area contributed by atoms with Gasteiger partial charge in [0.1, 0.15) is 0 Å². The Labute approximate surface area is 128 Å². The molecule has 0 N–H and O–H groups in total. The van der Waals surface area contributed by atoms with Gasteiger partial charge in [-0.05, 0) is 68.2 Å². The largest absolute Gasteiger partial charge is 0.498 e. The average Bonchev–Trinajstić information content (AvgIpc) is 2.55. The predicted octanol–water partition coefficient (Wildman–Crippen LogP) is 5.30. The van der Waals surface area contributed by atoms with Gasteiger partial charge in [0, 0.05) is 0 Å². The van der Waals surface area contributed by atoms with Crippen molar-refractivity contribution < 1.29 is 4.74 Å². The first-order valence-electron chi connectivity index (χ1n) is 8.14. The van der Waals surface area contributed by atoms with Crippen molar-refractivity contribution >= 4 is 0 Å². The van der Waals surface area contributed by atoms with Crippen LogP contribution in [0.1, 0.15) is 68.9 Å². The number of unbranched alkanes of at least 4 members (excludes halogenated alkanes) is 2. The van der Waals surface area contributed by atoms with Crippen LogP contribution in [0.2, 0.25) is 0 Å². The zero-order chi connectivity index (χ0) is 14.9. The van der Waals surface area contributed by atoms with E-state index < -0.39 is 0 Å². The molecule has 0 saturated heterocycles. The van der Waals surface area contributed by atoms with E-state index in [1.165, 1.54) is 31.2 Å². The van der Waals surface area contributed by atoms with Crippen molar-refractivity contribution in [2.75, 3.05) is 0 Å². The zero-order valence-corrected chi connectivity index (χ0v) is 12.9. The third-order valence-electron chi connectivity index (χ3n) is 4.28. The van der Waals surface area contributed by atoms with Gasteiger partial charge in [0.15, 0.2) is 0 Å². The van der Waals surface area contributed by atoms with Crippen LogP contribution in [0.15, 0.2) is 36.6 Å². The van der Waals surface area contributed by atoms with Gasteiger partial charge in [-0.15, -0.1) is 0 Å². The summed E-state index contributed by atoms with van der Waals surface area (Å²) in [6.45, 7) is 2.21. The van der Waals surface area contributed by atoms with Crippen LogP contribution in [0.25, 0.3) is 0 Å². The molecule has 0 bridgehead atoms. The van der Waals surface area contributed by atoms with Gasteiger partial charge < -0.3 is 4.74 Å². The van der Waals surface area contributed by atoms with E-state index in [4.69, 9.17) is 10.00 Å². The molecule has 0 aromatic heterocycles. The van der Waals surface area contributed by atoms with Crippen LogP contribution in [0, 0.1) is 11.3 Å². The molecule has 0 spiro atoms. The molecule has 1 aliphatic rings. The molecule has 0 unspecified atom stereocenters. The second kappa shape index (κ2) is 8.52. The minimum Gasteiger partial charge on any atom is -0.498 e. The Morgan fingerprint density at radius 1 is 1.19 bits per heavy atom. The third kappa shape index (κ3) is 4.93. The number of nitriles is 1. The number of benzene rings is 1. The summed E-state index contributed by atoms with van der Waals surface area (Å²) in [6, 6.07) is 10.2. The number of ether oxygens (including phenoxy) is 1. The van der Waals surface area contributed by atoms with Crippen molar-refractivity contribution in [3.05, 3.63) is 47.7 Å². The normalized spacial score (nSPS) is 22.1. The molecule has 2 heteroatoms. The lowest BCUT2D eigenvalue weighted by Gasteiger charge is -2.28. The van der Waals surface area contributed by atoms with Crippen LogP contribution >= 0.6 is 0 Å². The monoisotopic (exact) mass is 283 g/mol. The smallest absolute Gasteiger partial charge is 0.0991 e. The molecule has 1 aromatic rings. The Morgan fingerprint density at radius 3 is 2.52 bits per heavy atom. The first-order chi connectivity index (χ1) is 10.3. The van der Waals surface area contributed by atoms with Crippen molar-refractivity contribution in [2.45, 2.75) is 63.9 Å².